The smallest absolute Gasteiger partial charge is 0.193 e. The van der Waals surface area contributed by atoms with Gasteiger partial charge in [0.25, 0.3) is 0 Å². The third-order valence-electron chi connectivity index (χ3n) is 2.53. The Bertz CT molecular complexity index is 509. The zero-order chi connectivity index (χ0) is 12.1. The molecule has 0 aromatic heterocycles. The number of hydrogen-bond acceptors (Lipinski definition) is 3. The second kappa shape index (κ2) is 5.39. The van der Waals surface area contributed by atoms with Crippen LogP contribution in [0.15, 0.2) is 54.6 Å². The van der Waals surface area contributed by atoms with Crippen molar-refractivity contribution in [3.63, 3.8) is 0 Å². The summed E-state index contributed by atoms with van der Waals surface area (Å²) in [6.45, 7) is 0.551. The first-order valence-corrected chi connectivity index (χ1v) is 5.43. The van der Waals surface area contributed by atoms with Gasteiger partial charge in [-0.15, -0.1) is 0 Å². The second-order valence-corrected chi connectivity index (χ2v) is 3.78. The summed E-state index contributed by atoms with van der Waals surface area (Å²) < 4.78 is 0. The lowest BCUT2D eigenvalue weighted by Gasteiger charge is -2.04. The predicted molar refractivity (Wildman–Crippen MR) is 67.3 cm³/mol. The molecule has 0 spiro atoms. The molecule has 2 aromatic rings. The molecule has 0 atom stereocenters. The molecule has 0 saturated heterocycles. The van der Waals surface area contributed by atoms with E-state index >= 15 is 0 Å². The molecule has 3 N–H and O–H groups in total. The second-order valence-electron chi connectivity index (χ2n) is 3.78. The van der Waals surface area contributed by atoms with Gasteiger partial charge in [0.05, 0.1) is 0 Å². The maximum Gasteiger partial charge on any atom is 0.193 e. The Hall–Kier alpha value is -1.97. The molecule has 0 saturated carbocycles. The van der Waals surface area contributed by atoms with Gasteiger partial charge in [-0.3, -0.25) is 16.1 Å². The van der Waals surface area contributed by atoms with Crippen LogP contribution in [0.3, 0.4) is 0 Å². The van der Waals surface area contributed by atoms with Crippen LogP contribution in [0.25, 0.3) is 0 Å². The van der Waals surface area contributed by atoms with Gasteiger partial charge in [-0.25, -0.2) is 0 Å². The van der Waals surface area contributed by atoms with E-state index in [1.54, 1.807) is 0 Å². The number of nitrogens with one attached hydrogen (secondary N) is 1. The Morgan fingerprint density at radius 2 is 1.71 bits per heavy atom. The summed E-state index contributed by atoms with van der Waals surface area (Å²) in [4.78, 5) is 12.2. The molecule has 2 rings (SSSR count). The fourth-order valence-corrected chi connectivity index (χ4v) is 1.70. The van der Waals surface area contributed by atoms with E-state index in [4.69, 9.17) is 5.84 Å². The number of hydrogen-bond donors (Lipinski definition) is 2. The fraction of sp³-hybridized carbons (Fsp3) is 0.0714. The molecule has 0 heterocycles. The highest BCUT2D eigenvalue weighted by molar-refractivity contribution is 6.09. The third kappa shape index (κ3) is 2.78. The molecule has 0 aliphatic carbocycles. The van der Waals surface area contributed by atoms with Crippen molar-refractivity contribution in [2.24, 2.45) is 5.84 Å². The van der Waals surface area contributed by atoms with Crippen LogP contribution >= 0.6 is 0 Å². The average molecular weight is 226 g/mol. The molecule has 0 unspecified atom stereocenters. The summed E-state index contributed by atoms with van der Waals surface area (Å²) in [7, 11) is 0. The van der Waals surface area contributed by atoms with Crippen molar-refractivity contribution in [1.82, 2.24) is 5.43 Å². The Morgan fingerprint density at radius 3 is 2.41 bits per heavy atom. The van der Waals surface area contributed by atoms with Gasteiger partial charge >= 0.3 is 0 Å². The Labute approximate surface area is 100 Å². The van der Waals surface area contributed by atoms with Crippen molar-refractivity contribution < 1.29 is 4.79 Å². The van der Waals surface area contributed by atoms with Gasteiger partial charge in [0.2, 0.25) is 0 Å². The van der Waals surface area contributed by atoms with Crippen molar-refractivity contribution in [3.05, 3.63) is 71.3 Å². The van der Waals surface area contributed by atoms with Crippen LogP contribution in [0, 0.1) is 0 Å². The summed E-state index contributed by atoms with van der Waals surface area (Å²) in [6.07, 6.45) is 0. The van der Waals surface area contributed by atoms with Crippen molar-refractivity contribution in [2.75, 3.05) is 0 Å². The van der Waals surface area contributed by atoms with E-state index in [1.807, 2.05) is 54.6 Å². The van der Waals surface area contributed by atoms with Gasteiger partial charge in [0.1, 0.15) is 0 Å². The van der Waals surface area contributed by atoms with Gasteiger partial charge in [-0.2, -0.15) is 0 Å². The third-order valence-corrected chi connectivity index (χ3v) is 2.53. The standard InChI is InChI=1S/C14H14N2O/c15-16-10-11-5-4-8-13(9-11)14(17)12-6-2-1-3-7-12/h1-9,16H,10,15H2. The van der Waals surface area contributed by atoms with E-state index in [0.29, 0.717) is 17.7 Å². The summed E-state index contributed by atoms with van der Waals surface area (Å²) in [5, 5.41) is 0. The number of nitrogens with two attached hydrogens (primary N) is 1. The van der Waals surface area contributed by atoms with Crippen LogP contribution in [-0.4, -0.2) is 5.78 Å². The van der Waals surface area contributed by atoms with E-state index in [0.717, 1.165) is 5.56 Å². The highest BCUT2D eigenvalue weighted by Crippen LogP contribution is 2.11. The van der Waals surface area contributed by atoms with Crippen molar-refractivity contribution in [2.45, 2.75) is 6.54 Å². The lowest BCUT2D eigenvalue weighted by molar-refractivity contribution is 0.103. The molecule has 0 aliphatic rings. The van der Waals surface area contributed by atoms with Crippen LogP contribution in [0.1, 0.15) is 21.5 Å². The molecule has 0 bridgehead atoms. The van der Waals surface area contributed by atoms with E-state index in [9.17, 15) is 4.79 Å². The molecule has 0 fully saturated rings. The topological polar surface area (TPSA) is 55.1 Å². The largest absolute Gasteiger partial charge is 0.289 e. The van der Waals surface area contributed by atoms with Gasteiger partial charge < -0.3 is 0 Å². The monoisotopic (exact) mass is 226 g/mol. The first kappa shape index (κ1) is 11.5. The average Bonchev–Trinajstić information content (AvgIpc) is 2.40. The van der Waals surface area contributed by atoms with E-state index in [2.05, 4.69) is 5.43 Å². The highest BCUT2D eigenvalue weighted by Gasteiger charge is 2.08. The molecule has 86 valence electrons. The van der Waals surface area contributed by atoms with E-state index < -0.39 is 0 Å². The molecule has 3 heteroatoms. The van der Waals surface area contributed by atoms with Crippen molar-refractivity contribution >= 4 is 5.78 Å². The predicted octanol–water partition coefficient (Wildman–Crippen LogP) is 1.88. The van der Waals surface area contributed by atoms with Gasteiger partial charge in [0.15, 0.2) is 5.78 Å². The van der Waals surface area contributed by atoms with E-state index in [-0.39, 0.29) is 5.78 Å². The zero-order valence-electron chi connectivity index (χ0n) is 9.39. The van der Waals surface area contributed by atoms with Gasteiger partial charge in [-0.1, -0.05) is 48.5 Å². The lowest BCUT2D eigenvalue weighted by atomic mass is 10.0. The maximum absolute atomic E-state index is 12.2. The number of carbonyl (C=O) groups is 1. The Morgan fingerprint density at radius 1 is 1.00 bits per heavy atom. The summed E-state index contributed by atoms with van der Waals surface area (Å²) in [6, 6.07) is 16.7. The molecular weight excluding hydrogens is 212 g/mol. The van der Waals surface area contributed by atoms with Crippen LogP contribution in [-0.2, 0) is 6.54 Å². The van der Waals surface area contributed by atoms with Gasteiger partial charge in [0, 0.05) is 17.7 Å². The minimum atomic E-state index is 0.0319. The van der Waals surface area contributed by atoms with Crippen LogP contribution in [0.4, 0.5) is 0 Å². The fourth-order valence-electron chi connectivity index (χ4n) is 1.70. The van der Waals surface area contributed by atoms with Crippen LogP contribution in [0.2, 0.25) is 0 Å². The van der Waals surface area contributed by atoms with E-state index in [1.165, 1.54) is 0 Å². The van der Waals surface area contributed by atoms with Crippen molar-refractivity contribution in [1.29, 1.82) is 0 Å². The number of hydrazine groups is 1. The Kier molecular flexibility index (Phi) is 3.65. The molecule has 0 amide bonds. The van der Waals surface area contributed by atoms with Gasteiger partial charge in [-0.05, 0) is 11.6 Å². The maximum atomic E-state index is 12.2. The number of benzene rings is 2. The molecule has 0 radical (unpaired) electrons. The molecule has 0 aliphatic heterocycles. The highest BCUT2D eigenvalue weighted by atomic mass is 16.1. The Balaban J connectivity index is 2.28. The number of carbonyl (C=O) groups excluding carboxylic acids is 1. The zero-order valence-corrected chi connectivity index (χ0v) is 9.39. The van der Waals surface area contributed by atoms with Crippen LogP contribution < -0.4 is 11.3 Å². The summed E-state index contributed by atoms with van der Waals surface area (Å²) >= 11 is 0. The minimum Gasteiger partial charge on any atom is -0.289 e. The first-order chi connectivity index (χ1) is 8.31. The molecule has 17 heavy (non-hydrogen) atoms. The van der Waals surface area contributed by atoms with Crippen LogP contribution in [0.5, 0.6) is 0 Å². The quantitative estimate of drug-likeness (QED) is 0.475. The SMILES string of the molecule is NNCc1cccc(C(=O)c2ccccc2)c1. The molecular formula is C14H14N2O. The van der Waals surface area contributed by atoms with Crippen molar-refractivity contribution in [3.8, 4) is 0 Å². The lowest BCUT2D eigenvalue weighted by Crippen LogP contribution is -2.20. The summed E-state index contributed by atoms with van der Waals surface area (Å²) in [5.74, 6) is 5.29. The molecule has 3 nitrogen and oxygen atoms in total. The number of ketones is 1. The number of rotatable bonds is 4. The molecule has 2 aromatic carbocycles. The normalized spacial score (nSPS) is 10.2. The first-order valence-electron chi connectivity index (χ1n) is 5.43. The summed E-state index contributed by atoms with van der Waals surface area (Å²) in [5.41, 5.74) is 4.96. The minimum absolute atomic E-state index is 0.0319.